The lowest BCUT2D eigenvalue weighted by Crippen LogP contribution is -2.67. The lowest BCUT2D eigenvalue weighted by atomic mass is 9.96. The fourth-order valence-corrected chi connectivity index (χ4v) is 4.36. The number of hydrogen-bond donors (Lipinski definition) is 5. The van der Waals surface area contributed by atoms with E-state index in [0.29, 0.717) is 12.0 Å². The van der Waals surface area contributed by atoms with Crippen LogP contribution in [0.2, 0.25) is 0 Å². The second kappa shape index (κ2) is 8.19. The first-order valence-electron chi connectivity index (χ1n) is 10.3. The lowest BCUT2D eigenvalue weighted by molar-refractivity contribution is 0.176. The number of rotatable bonds is 4. The first-order valence-corrected chi connectivity index (χ1v) is 10.3. The molecule has 0 radical (unpaired) electrons. The molecule has 0 saturated carbocycles. The molecule has 3 aliphatic heterocycles. The summed E-state index contributed by atoms with van der Waals surface area (Å²) >= 11 is 0. The number of benzene rings is 1. The van der Waals surface area contributed by atoms with Gasteiger partial charge in [0.1, 0.15) is 12.0 Å². The minimum atomic E-state index is 0.0339. The maximum atomic E-state index is 6.00. The fraction of sp³-hybridized carbons (Fsp3) is 0.619. The van der Waals surface area contributed by atoms with Gasteiger partial charge in [0.25, 0.3) is 0 Å². The van der Waals surface area contributed by atoms with Crippen LogP contribution in [0.1, 0.15) is 37.8 Å². The molecule has 148 valence electrons. The third-order valence-electron chi connectivity index (χ3n) is 6.13. The van der Waals surface area contributed by atoms with E-state index in [1.165, 1.54) is 23.1 Å². The third-order valence-corrected chi connectivity index (χ3v) is 6.13. The van der Waals surface area contributed by atoms with Crippen molar-refractivity contribution in [3.63, 3.8) is 0 Å². The molecule has 4 atom stereocenters. The predicted octanol–water partition coefficient (Wildman–Crippen LogP) is 1.85. The molecule has 1 aromatic rings. The van der Waals surface area contributed by atoms with Crippen molar-refractivity contribution in [3.05, 3.63) is 29.3 Å². The Labute approximate surface area is 162 Å². The third kappa shape index (κ3) is 3.99. The normalized spacial score (nSPS) is 30.9. The van der Waals surface area contributed by atoms with Gasteiger partial charge in [-0.2, -0.15) is 0 Å². The average Bonchev–Trinajstić information content (AvgIpc) is 2.96. The van der Waals surface area contributed by atoms with Gasteiger partial charge in [-0.25, -0.2) is 0 Å². The maximum absolute atomic E-state index is 6.00. The molecular weight excluding hydrogens is 338 g/mol. The van der Waals surface area contributed by atoms with Crippen LogP contribution < -0.4 is 31.3 Å². The van der Waals surface area contributed by atoms with Crippen molar-refractivity contribution < 1.29 is 4.74 Å². The Hall–Kier alpha value is -1.60. The summed E-state index contributed by atoms with van der Waals surface area (Å²) in [6.45, 7) is 7.31. The number of fused-ring (bicyclic) bond motifs is 1. The average molecular weight is 372 g/mol. The van der Waals surface area contributed by atoms with Crippen LogP contribution in [0, 0.1) is 5.92 Å². The molecule has 1 fully saturated rings. The van der Waals surface area contributed by atoms with Crippen LogP contribution >= 0.6 is 0 Å². The molecule has 1 aromatic carbocycles. The van der Waals surface area contributed by atoms with E-state index >= 15 is 0 Å². The highest BCUT2D eigenvalue weighted by Gasteiger charge is 2.31. The standard InChI is InChI=1S/C21H33N5O/c1-13-14(2)24-21(26-20(13)22-3)25-17-11-16-7-10-27-19(16)18(12-17)15-5-4-8-23-9-6-15/h6,11-14,20-26H,4-5,7-10H2,1-3H3. The van der Waals surface area contributed by atoms with Crippen molar-refractivity contribution in [2.24, 2.45) is 5.92 Å². The number of hydrogen-bond acceptors (Lipinski definition) is 6. The Kier molecular flexibility index (Phi) is 5.68. The zero-order valence-electron chi connectivity index (χ0n) is 16.7. The monoisotopic (exact) mass is 371 g/mol. The van der Waals surface area contributed by atoms with Crippen molar-refractivity contribution in [2.75, 3.05) is 32.1 Å². The zero-order valence-corrected chi connectivity index (χ0v) is 16.7. The molecule has 0 amide bonds. The highest BCUT2D eigenvalue weighted by atomic mass is 16.5. The number of ether oxygens (including phenoxy) is 1. The van der Waals surface area contributed by atoms with Gasteiger partial charge in [0, 0.05) is 35.8 Å². The van der Waals surface area contributed by atoms with Crippen LogP contribution in [0.5, 0.6) is 5.75 Å². The van der Waals surface area contributed by atoms with Crippen LogP contribution in [-0.4, -0.2) is 45.2 Å². The van der Waals surface area contributed by atoms with E-state index in [2.05, 4.69) is 58.6 Å². The summed E-state index contributed by atoms with van der Waals surface area (Å²) in [5, 5.41) is 17.8. The smallest absolute Gasteiger partial charge is 0.133 e. The van der Waals surface area contributed by atoms with Crippen LogP contribution in [0.15, 0.2) is 18.2 Å². The highest BCUT2D eigenvalue weighted by Crippen LogP contribution is 2.38. The summed E-state index contributed by atoms with van der Waals surface area (Å²) in [5.74, 6) is 1.61. The number of nitrogens with one attached hydrogen (secondary N) is 5. The van der Waals surface area contributed by atoms with E-state index in [9.17, 15) is 0 Å². The number of anilines is 1. The Bertz CT molecular complexity index is 704. The van der Waals surface area contributed by atoms with Gasteiger partial charge < -0.3 is 20.7 Å². The Morgan fingerprint density at radius 1 is 1.15 bits per heavy atom. The van der Waals surface area contributed by atoms with Crippen molar-refractivity contribution in [1.82, 2.24) is 21.3 Å². The molecule has 0 aromatic heterocycles. The molecule has 4 unspecified atom stereocenters. The second-order valence-electron chi connectivity index (χ2n) is 7.97. The summed E-state index contributed by atoms with van der Waals surface area (Å²) in [5.41, 5.74) is 5.13. The minimum Gasteiger partial charge on any atom is -0.492 e. The molecule has 0 bridgehead atoms. The van der Waals surface area contributed by atoms with E-state index in [1.807, 2.05) is 7.05 Å². The second-order valence-corrected chi connectivity index (χ2v) is 7.97. The van der Waals surface area contributed by atoms with E-state index in [0.717, 1.165) is 44.0 Å². The molecule has 0 spiro atoms. The van der Waals surface area contributed by atoms with Crippen molar-refractivity contribution in [3.8, 4) is 5.75 Å². The first kappa shape index (κ1) is 18.7. The van der Waals surface area contributed by atoms with E-state index in [4.69, 9.17) is 4.74 Å². The topological polar surface area (TPSA) is 69.4 Å². The van der Waals surface area contributed by atoms with Gasteiger partial charge in [-0.1, -0.05) is 13.0 Å². The summed E-state index contributed by atoms with van der Waals surface area (Å²) in [6.07, 6.45) is 5.90. The van der Waals surface area contributed by atoms with Crippen LogP contribution in [-0.2, 0) is 6.42 Å². The number of allylic oxidation sites excluding steroid dienone is 1. The molecule has 27 heavy (non-hydrogen) atoms. The predicted molar refractivity (Wildman–Crippen MR) is 111 cm³/mol. The molecule has 6 nitrogen and oxygen atoms in total. The largest absolute Gasteiger partial charge is 0.492 e. The summed E-state index contributed by atoms with van der Waals surface area (Å²) in [4.78, 5) is 0. The SMILES string of the molecule is CNC1NC(Nc2cc3c(c(C4=CCNCCC4)c2)OCC3)NC(C)C1C. The van der Waals surface area contributed by atoms with Gasteiger partial charge >= 0.3 is 0 Å². The summed E-state index contributed by atoms with van der Waals surface area (Å²) < 4.78 is 6.00. The minimum absolute atomic E-state index is 0.0339. The quantitative estimate of drug-likeness (QED) is 0.557. The summed E-state index contributed by atoms with van der Waals surface area (Å²) in [6, 6.07) is 4.94. The molecule has 3 aliphatic rings. The van der Waals surface area contributed by atoms with E-state index in [1.54, 1.807) is 0 Å². The zero-order chi connectivity index (χ0) is 18.8. The molecular formula is C21H33N5O. The van der Waals surface area contributed by atoms with Gasteiger partial charge in [-0.05, 0) is 57.0 Å². The van der Waals surface area contributed by atoms with Gasteiger partial charge in [-0.15, -0.1) is 0 Å². The van der Waals surface area contributed by atoms with Crippen LogP contribution in [0.4, 0.5) is 5.69 Å². The first-order chi connectivity index (χ1) is 13.2. The highest BCUT2D eigenvalue weighted by molar-refractivity contribution is 5.76. The molecule has 4 rings (SSSR count). The van der Waals surface area contributed by atoms with E-state index in [-0.39, 0.29) is 12.5 Å². The Morgan fingerprint density at radius 3 is 2.89 bits per heavy atom. The van der Waals surface area contributed by atoms with Crippen molar-refractivity contribution in [1.29, 1.82) is 0 Å². The molecule has 3 heterocycles. The fourth-order valence-electron chi connectivity index (χ4n) is 4.36. The lowest BCUT2D eigenvalue weighted by Gasteiger charge is -2.41. The van der Waals surface area contributed by atoms with Crippen LogP contribution in [0.3, 0.4) is 0 Å². The van der Waals surface area contributed by atoms with E-state index < -0.39 is 0 Å². The summed E-state index contributed by atoms with van der Waals surface area (Å²) in [7, 11) is 2.01. The van der Waals surface area contributed by atoms with Gasteiger partial charge in [-0.3, -0.25) is 10.6 Å². The maximum Gasteiger partial charge on any atom is 0.133 e. The van der Waals surface area contributed by atoms with Crippen molar-refractivity contribution >= 4 is 11.3 Å². The van der Waals surface area contributed by atoms with Gasteiger partial charge in [0.2, 0.25) is 0 Å². The molecule has 5 N–H and O–H groups in total. The van der Waals surface area contributed by atoms with Gasteiger partial charge in [0.05, 0.1) is 12.8 Å². The molecule has 1 saturated heterocycles. The van der Waals surface area contributed by atoms with Crippen molar-refractivity contribution in [2.45, 2.75) is 51.6 Å². The van der Waals surface area contributed by atoms with Gasteiger partial charge in [0.15, 0.2) is 0 Å². The molecule has 0 aliphatic carbocycles. The molecule has 6 heteroatoms. The Balaban J connectivity index is 1.58. The van der Waals surface area contributed by atoms with Crippen LogP contribution in [0.25, 0.3) is 5.57 Å². The Morgan fingerprint density at radius 2 is 2.04 bits per heavy atom.